The molecule has 0 fully saturated rings. The third-order valence-electron chi connectivity index (χ3n) is 3.69. The van der Waals surface area contributed by atoms with Crippen LogP contribution in [0.1, 0.15) is 21.9 Å². The van der Waals surface area contributed by atoms with Crippen molar-refractivity contribution < 1.29 is 31.7 Å². The van der Waals surface area contributed by atoms with E-state index >= 15 is 0 Å². The second kappa shape index (κ2) is 7.56. The highest BCUT2D eigenvalue weighted by Gasteiger charge is 2.22. The summed E-state index contributed by atoms with van der Waals surface area (Å²) in [5.74, 6) is -0.251. The van der Waals surface area contributed by atoms with Gasteiger partial charge in [-0.25, -0.2) is 4.79 Å². The number of rotatable bonds is 8. The second-order valence-corrected chi connectivity index (χ2v) is 6.93. The first-order valence-corrected chi connectivity index (χ1v) is 9.20. The highest BCUT2D eigenvalue weighted by Crippen LogP contribution is 2.30. The molecule has 0 saturated carbocycles. The maximum Gasteiger partial charge on any atom is 0.337 e. The molecule has 4 N–H and O–H groups in total. The first-order valence-electron chi connectivity index (χ1n) is 7.76. The Kier molecular flexibility index (Phi) is 5.19. The quantitative estimate of drug-likeness (QED) is 0.425. The Hall–Kier alpha value is -3.24. The summed E-state index contributed by atoms with van der Waals surface area (Å²) < 4.78 is 43.3. The zero-order valence-corrected chi connectivity index (χ0v) is 14.7. The number of carboxylic acids is 1. The molecule has 0 spiro atoms. The smallest absolute Gasteiger partial charge is 0.337 e. The van der Waals surface area contributed by atoms with E-state index < -0.39 is 21.0 Å². The van der Waals surface area contributed by atoms with Crippen LogP contribution in [0.3, 0.4) is 0 Å². The van der Waals surface area contributed by atoms with E-state index in [9.17, 15) is 22.9 Å². The van der Waals surface area contributed by atoms with Gasteiger partial charge in [-0.1, -0.05) is 0 Å². The van der Waals surface area contributed by atoms with Crippen molar-refractivity contribution in [1.29, 1.82) is 0 Å². The highest BCUT2D eigenvalue weighted by atomic mass is 32.2. The SMILES string of the molecule is O=C(O)c1cc(S(=O)(=O)O)c(NCc2ccco2)cc1NCc1ccco1. The molecule has 0 aliphatic rings. The van der Waals surface area contributed by atoms with Crippen LogP contribution in [0.15, 0.2) is 62.7 Å². The molecular formula is C17H16N2O7S. The molecule has 1 aromatic carbocycles. The van der Waals surface area contributed by atoms with Crippen molar-refractivity contribution in [2.24, 2.45) is 0 Å². The lowest BCUT2D eigenvalue weighted by atomic mass is 10.1. The lowest BCUT2D eigenvalue weighted by Crippen LogP contribution is -2.12. The molecule has 0 radical (unpaired) electrons. The first-order chi connectivity index (χ1) is 12.8. The van der Waals surface area contributed by atoms with Crippen LogP contribution in [0.2, 0.25) is 0 Å². The monoisotopic (exact) mass is 392 g/mol. The molecule has 0 saturated heterocycles. The summed E-state index contributed by atoms with van der Waals surface area (Å²) in [6.45, 7) is 0.329. The molecule has 0 atom stereocenters. The van der Waals surface area contributed by atoms with E-state index in [2.05, 4.69) is 10.6 Å². The molecule has 0 bridgehead atoms. The van der Waals surface area contributed by atoms with Gasteiger partial charge in [0.05, 0.1) is 42.6 Å². The average molecular weight is 392 g/mol. The van der Waals surface area contributed by atoms with Gasteiger partial charge >= 0.3 is 5.97 Å². The molecule has 10 heteroatoms. The van der Waals surface area contributed by atoms with Gasteiger partial charge in [0.25, 0.3) is 10.1 Å². The van der Waals surface area contributed by atoms with Gasteiger partial charge in [0, 0.05) is 0 Å². The van der Waals surface area contributed by atoms with Crippen molar-refractivity contribution in [3.63, 3.8) is 0 Å². The number of hydrogen-bond donors (Lipinski definition) is 4. The Bertz CT molecular complexity index is 1030. The molecular weight excluding hydrogens is 376 g/mol. The lowest BCUT2D eigenvalue weighted by molar-refractivity contribution is 0.0697. The third-order valence-corrected chi connectivity index (χ3v) is 4.59. The molecule has 3 aromatic rings. The maximum atomic E-state index is 11.7. The Morgan fingerprint density at radius 1 is 0.963 bits per heavy atom. The number of furan rings is 2. The van der Waals surface area contributed by atoms with Crippen molar-refractivity contribution in [2.75, 3.05) is 10.6 Å². The molecule has 2 aromatic heterocycles. The molecule has 2 heterocycles. The largest absolute Gasteiger partial charge is 0.478 e. The van der Waals surface area contributed by atoms with Gasteiger partial charge in [0.2, 0.25) is 0 Å². The Morgan fingerprint density at radius 2 is 1.52 bits per heavy atom. The summed E-state index contributed by atoms with van der Waals surface area (Å²) in [5.41, 5.74) is -0.119. The van der Waals surface area contributed by atoms with Crippen LogP contribution >= 0.6 is 0 Å². The van der Waals surface area contributed by atoms with E-state index in [1.54, 1.807) is 24.3 Å². The van der Waals surface area contributed by atoms with E-state index in [-0.39, 0.29) is 30.0 Å². The number of hydrogen-bond acceptors (Lipinski definition) is 7. The van der Waals surface area contributed by atoms with Crippen LogP contribution < -0.4 is 10.6 Å². The minimum atomic E-state index is -4.66. The van der Waals surface area contributed by atoms with Crippen LogP contribution in [0, 0.1) is 0 Å². The molecule has 0 aliphatic carbocycles. The second-order valence-electron chi connectivity index (χ2n) is 5.54. The van der Waals surface area contributed by atoms with Gasteiger partial charge in [-0.05, 0) is 36.4 Å². The maximum absolute atomic E-state index is 11.7. The standard InChI is InChI=1S/C17H16N2O7S/c20-17(21)13-7-16(27(22,23)24)15(19-10-12-4-2-6-26-12)8-14(13)18-9-11-3-1-5-25-11/h1-8,18-19H,9-10H2,(H,20,21)(H,22,23,24). The fourth-order valence-corrected chi connectivity index (χ4v) is 3.12. The van der Waals surface area contributed by atoms with Crippen LogP contribution in [-0.2, 0) is 23.2 Å². The summed E-state index contributed by atoms with van der Waals surface area (Å²) in [6.07, 6.45) is 2.94. The summed E-state index contributed by atoms with van der Waals surface area (Å²) in [5, 5.41) is 15.1. The third kappa shape index (κ3) is 4.49. The average Bonchev–Trinajstić information content (AvgIpc) is 3.30. The topological polar surface area (TPSA) is 142 Å². The summed E-state index contributed by atoms with van der Waals surface area (Å²) in [6, 6.07) is 8.94. The van der Waals surface area contributed by atoms with Crippen LogP contribution in [0.25, 0.3) is 0 Å². The molecule has 0 aliphatic heterocycles. The Labute approximate surface area is 154 Å². The van der Waals surface area contributed by atoms with Crippen LogP contribution in [0.4, 0.5) is 11.4 Å². The van der Waals surface area contributed by atoms with Crippen molar-refractivity contribution in [2.45, 2.75) is 18.0 Å². The van der Waals surface area contributed by atoms with Crippen molar-refractivity contribution in [1.82, 2.24) is 0 Å². The van der Waals surface area contributed by atoms with Crippen molar-refractivity contribution in [3.05, 3.63) is 66.0 Å². The van der Waals surface area contributed by atoms with Crippen LogP contribution in [0.5, 0.6) is 0 Å². The number of benzene rings is 1. The van der Waals surface area contributed by atoms with E-state index in [4.69, 9.17) is 8.83 Å². The van der Waals surface area contributed by atoms with Crippen LogP contribution in [-0.4, -0.2) is 24.0 Å². The highest BCUT2D eigenvalue weighted by molar-refractivity contribution is 7.86. The van der Waals surface area contributed by atoms with Gasteiger partial charge in [0.15, 0.2) is 0 Å². The zero-order valence-electron chi connectivity index (χ0n) is 13.9. The Balaban J connectivity index is 1.97. The fraction of sp³-hybridized carbons (Fsp3) is 0.118. The summed E-state index contributed by atoms with van der Waals surface area (Å²) >= 11 is 0. The van der Waals surface area contributed by atoms with Gasteiger partial charge in [-0.15, -0.1) is 0 Å². The van der Waals surface area contributed by atoms with E-state index in [0.717, 1.165) is 6.07 Å². The van der Waals surface area contributed by atoms with Crippen molar-refractivity contribution >= 4 is 27.5 Å². The number of aromatic carboxylic acids is 1. The minimum Gasteiger partial charge on any atom is -0.478 e. The predicted octanol–water partition coefficient (Wildman–Crippen LogP) is 3.04. The molecule has 142 valence electrons. The number of carboxylic acid groups (broad SMARTS) is 1. The van der Waals surface area contributed by atoms with E-state index in [1.807, 2.05) is 0 Å². The molecule has 9 nitrogen and oxygen atoms in total. The minimum absolute atomic E-state index is 0.0286. The summed E-state index contributed by atoms with van der Waals surface area (Å²) in [7, 11) is -4.66. The molecule has 0 amide bonds. The van der Waals surface area contributed by atoms with Crippen molar-refractivity contribution in [3.8, 4) is 0 Å². The summed E-state index contributed by atoms with van der Waals surface area (Å²) in [4.78, 5) is 11.0. The van der Waals surface area contributed by atoms with Gasteiger partial charge in [-0.2, -0.15) is 8.42 Å². The molecule has 3 rings (SSSR count). The number of carbonyl (C=O) groups is 1. The normalized spacial score (nSPS) is 11.3. The number of anilines is 2. The zero-order chi connectivity index (χ0) is 19.4. The molecule has 0 unspecified atom stereocenters. The first kappa shape index (κ1) is 18.5. The van der Waals surface area contributed by atoms with E-state index in [0.29, 0.717) is 11.5 Å². The lowest BCUT2D eigenvalue weighted by Gasteiger charge is -2.15. The Morgan fingerprint density at radius 3 is 1.96 bits per heavy atom. The molecule has 27 heavy (non-hydrogen) atoms. The van der Waals surface area contributed by atoms with Gasteiger partial charge in [0.1, 0.15) is 16.4 Å². The predicted molar refractivity (Wildman–Crippen MR) is 95.3 cm³/mol. The van der Waals surface area contributed by atoms with E-state index in [1.165, 1.54) is 18.6 Å². The van der Waals surface area contributed by atoms with Gasteiger partial charge < -0.3 is 24.6 Å². The number of nitrogens with one attached hydrogen (secondary N) is 2. The van der Waals surface area contributed by atoms with Gasteiger partial charge in [-0.3, -0.25) is 4.55 Å². The fourth-order valence-electron chi connectivity index (χ4n) is 2.45.